The second kappa shape index (κ2) is 3.45. The normalized spacial score (nSPS) is 9.92. The van der Waals surface area contributed by atoms with Crippen LogP contribution in [-0.2, 0) is 0 Å². The molecule has 0 aromatic heterocycles. The highest BCUT2D eigenvalue weighted by Crippen LogP contribution is 2.16. The second-order valence-electron chi connectivity index (χ2n) is 2.43. The van der Waals surface area contributed by atoms with Crippen LogP contribution in [0.5, 0.6) is 0 Å². The first kappa shape index (κ1) is 8.87. The molecule has 0 unspecified atom stereocenters. The number of benzene rings is 1. The molecule has 2 N–H and O–H groups in total. The van der Waals surface area contributed by atoms with Crippen molar-refractivity contribution in [1.29, 1.82) is 0 Å². The Bertz CT molecular complexity index is 307. The molecule has 0 spiro atoms. The van der Waals surface area contributed by atoms with Crippen molar-refractivity contribution in [2.45, 2.75) is 0 Å². The van der Waals surface area contributed by atoms with Gasteiger partial charge in [0.15, 0.2) is 0 Å². The monoisotopic (exact) mass is 169 g/mol. The van der Waals surface area contributed by atoms with Crippen molar-refractivity contribution in [3.05, 3.63) is 42.0 Å². The Labute approximate surface area is 69.5 Å². The van der Waals surface area contributed by atoms with Crippen LogP contribution in [0.15, 0.2) is 24.8 Å². The third kappa shape index (κ3) is 1.68. The predicted octanol–water partition coefficient (Wildman–Crippen LogP) is 1.94. The maximum atomic E-state index is 12.9. The van der Waals surface area contributed by atoms with Gasteiger partial charge in [-0.2, -0.15) is 0 Å². The van der Waals surface area contributed by atoms with Crippen LogP contribution >= 0.6 is 0 Å². The Kier molecular flexibility index (Phi) is 2.55. The van der Waals surface area contributed by atoms with Crippen LogP contribution < -0.4 is 5.73 Å². The minimum Gasteiger partial charge on any atom is -0.326 e. The minimum absolute atomic E-state index is 0.169. The lowest BCUT2D eigenvalue weighted by Crippen LogP contribution is -2.02. The second-order valence-corrected chi connectivity index (χ2v) is 2.43. The minimum atomic E-state index is -0.620. The molecule has 0 radical (unpaired) electrons. The summed E-state index contributed by atoms with van der Waals surface area (Å²) >= 11 is 0. The Morgan fingerprint density at radius 2 is 2.08 bits per heavy atom. The summed E-state index contributed by atoms with van der Waals surface area (Å²) < 4.78 is 25.3. The van der Waals surface area contributed by atoms with Gasteiger partial charge in [0.2, 0.25) is 0 Å². The fraction of sp³-hybridized carbons (Fsp3) is 0.111. The van der Waals surface area contributed by atoms with E-state index in [1.807, 2.05) is 0 Å². The molecule has 0 aliphatic heterocycles. The molecule has 0 aliphatic carbocycles. The first-order valence-corrected chi connectivity index (χ1v) is 3.48. The molecule has 0 heterocycles. The van der Waals surface area contributed by atoms with E-state index in [0.717, 1.165) is 6.07 Å². The van der Waals surface area contributed by atoms with Crippen molar-refractivity contribution in [2.24, 2.45) is 5.73 Å². The van der Waals surface area contributed by atoms with Crippen LogP contribution in [0.3, 0.4) is 0 Å². The summed E-state index contributed by atoms with van der Waals surface area (Å²) in [6.45, 7) is 3.72. The third-order valence-corrected chi connectivity index (χ3v) is 1.56. The van der Waals surface area contributed by atoms with Gasteiger partial charge in [0.1, 0.15) is 11.6 Å². The van der Waals surface area contributed by atoms with Gasteiger partial charge < -0.3 is 5.73 Å². The van der Waals surface area contributed by atoms with Crippen LogP contribution in [-0.4, -0.2) is 6.54 Å². The fourth-order valence-electron chi connectivity index (χ4n) is 0.886. The summed E-state index contributed by atoms with van der Waals surface area (Å²) in [4.78, 5) is 0. The molecule has 1 rings (SSSR count). The van der Waals surface area contributed by atoms with Crippen LogP contribution in [0.1, 0.15) is 5.56 Å². The van der Waals surface area contributed by atoms with Gasteiger partial charge in [-0.05, 0) is 17.7 Å². The van der Waals surface area contributed by atoms with Gasteiger partial charge in [-0.1, -0.05) is 6.58 Å². The van der Waals surface area contributed by atoms with Gasteiger partial charge >= 0.3 is 0 Å². The van der Waals surface area contributed by atoms with Crippen molar-refractivity contribution in [2.75, 3.05) is 6.54 Å². The maximum absolute atomic E-state index is 12.9. The van der Waals surface area contributed by atoms with E-state index in [1.165, 1.54) is 12.1 Å². The molecule has 0 saturated heterocycles. The number of hydrogen-bond donors (Lipinski definition) is 1. The SMILES string of the molecule is C=C(CN)c1ccc(F)cc1F. The molecule has 0 saturated carbocycles. The number of nitrogens with two attached hydrogens (primary N) is 1. The Hall–Kier alpha value is -1.22. The molecule has 0 atom stereocenters. The first-order valence-electron chi connectivity index (χ1n) is 3.48. The smallest absolute Gasteiger partial charge is 0.133 e. The van der Waals surface area contributed by atoms with E-state index >= 15 is 0 Å². The zero-order chi connectivity index (χ0) is 9.14. The summed E-state index contributed by atoms with van der Waals surface area (Å²) in [7, 11) is 0. The van der Waals surface area contributed by atoms with E-state index < -0.39 is 11.6 Å². The average molecular weight is 169 g/mol. The number of halogens is 2. The topological polar surface area (TPSA) is 26.0 Å². The summed E-state index contributed by atoms with van der Waals surface area (Å²) in [6, 6.07) is 3.33. The molecule has 0 amide bonds. The third-order valence-electron chi connectivity index (χ3n) is 1.56. The number of hydrogen-bond acceptors (Lipinski definition) is 1. The van der Waals surface area contributed by atoms with Crippen LogP contribution in [0.4, 0.5) is 8.78 Å². The van der Waals surface area contributed by atoms with E-state index in [1.54, 1.807) is 0 Å². The molecule has 12 heavy (non-hydrogen) atoms. The Morgan fingerprint density at radius 1 is 1.42 bits per heavy atom. The van der Waals surface area contributed by atoms with E-state index in [-0.39, 0.29) is 12.1 Å². The average Bonchev–Trinajstić information content (AvgIpc) is 2.03. The van der Waals surface area contributed by atoms with Gasteiger partial charge in [-0.25, -0.2) is 8.78 Å². The zero-order valence-corrected chi connectivity index (χ0v) is 6.48. The summed E-state index contributed by atoms with van der Waals surface area (Å²) in [5, 5.41) is 0. The number of rotatable bonds is 2. The van der Waals surface area contributed by atoms with Gasteiger partial charge in [0.25, 0.3) is 0 Å². The fourth-order valence-corrected chi connectivity index (χ4v) is 0.886. The van der Waals surface area contributed by atoms with Crippen LogP contribution in [0.2, 0.25) is 0 Å². The van der Waals surface area contributed by atoms with Gasteiger partial charge in [0, 0.05) is 18.2 Å². The Balaban J connectivity index is 3.09. The molecule has 0 fully saturated rings. The van der Waals surface area contributed by atoms with E-state index in [0.29, 0.717) is 5.57 Å². The van der Waals surface area contributed by atoms with Crippen molar-refractivity contribution in [3.63, 3.8) is 0 Å². The molecule has 1 nitrogen and oxygen atoms in total. The zero-order valence-electron chi connectivity index (χ0n) is 6.48. The van der Waals surface area contributed by atoms with Gasteiger partial charge in [-0.15, -0.1) is 0 Å². The quantitative estimate of drug-likeness (QED) is 0.719. The van der Waals surface area contributed by atoms with E-state index in [9.17, 15) is 8.78 Å². The Morgan fingerprint density at radius 3 is 2.58 bits per heavy atom. The maximum Gasteiger partial charge on any atom is 0.133 e. The van der Waals surface area contributed by atoms with Crippen molar-refractivity contribution in [1.82, 2.24) is 0 Å². The molecule has 3 heteroatoms. The lowest BCUT2D eigenvalue weighted by Gasteiger charge is -2.03. The van der Waals surface area contributed by atoms with Gasteiger partial charge in [-0.3, -0.25) is 0 Å². The van der Waals surface area contributed by atoms with Crippen LogP contribution in [0, 0.1) is 11.6 Å². The predicted molar refractivity (Wildman–Crippen MR) is 44.4 cm³/mol. The molecular weight excluding hydrogens is 160 g/mol. The van der Waals surface area contributed by atoms with Gasteiger partial charge in [0.05, 0.1) is 0 Å². The standard InChI is InChI=1S/C9H9F2N/c1-6(5-12)8-3-2-7(10)4-9(8)11/h2-4H,1,5,12H2. The highest BCUT2D eigenvalue weighted by atomic mass is 19.1. The molecular formula is C9H9F2N. The first-order chi connectivity index (χ1) is 5.65. The molecule has 0 bridgehead atoms. The summed E-state index contributed by atoms with van der Waals surface area (Å²) in [5.74, 6) is -1.22. The lowest BCUT2D eigenvalue weighted by molar-refractivity contribution is 0.581. The lowest BCUT2D eigenvalue weighted by atomic mass is 10.1. The molecule has 0 aliphatic rings. The van der Waals surface area contributed by atoms with E-state index in [4.69, 9.17) is 5.73 Å². The highest BCUT2D eigenvalue weighted by molar-refractivity contribution is 5.64. The largest absolute Gasteiger partial charge is 0.326 e. The molecule has 64 valence electrons. The van der Waals surface area contributed by atoms with Crippen molar-refractivity contribution >= 4 is 5.57 Å². The van der Waals surface area contributed by atoms with Crippen molar-refractivity contribution < 1.29 is 8.78 Å². The summed E-state index contributed by atoms with van der Waals surface area (Å²) in [5.41, 5.74) is 5.99. The van der Waals surface area contributed by atoms with Crippen molar-refractivity contribution in [3.8, 4) is 0 Å². The highest BCUT2D eigenvalue weighted by Gasteiger charge is 2.04. The van der Waals surface area contributed by atoms with Crippen LogP contribution in [0.25, 0.3) is 5.57 Å². The van der Waals surface area contributed by atoms with E-state index in [2.05, 4.69) is 6.58 Å². The molecule has 1 aromatic rings. The summed E-state index contributed by atoms with van der Waals surface area (Å²) in [6.07, 6.45) is 0. The molecule has 1 aromatic carbocycles.